The molecule has 0 aliphatic rings. The predicted octanol–water partition coefficient (Wildman–Crippen LogP) is 4.59. The topological polar surface area (TPSA) is 74.6 Å². The van der Waals surface area contributed by atoms with Crippen molar-refractivity contribution in [3.05, 3.63) is 70.8 Å². The standard InChI is InChI=1S/C20H26O4S/c1-3-4-5-13-19(21)16-10-8-11-17(14-16)20(25(22,23)24)18-12-7-6-9-15(18)2/h6-12,14,19-21H,3-5,13H2,1-2H3,(H,22,23,24). The summed E-state index contributed by atoms with van der Waals surface area (Å²) < 4.78 is 34.0. The highest BCUT2D eigenvalue weighted by atomic mass is 32.2. The summed E-state index contributed by atoms with van der Waals surface area (Å²) in [6, 6.07) is 14.0. The number of rotatable bonds is 8. The Hall–Kier alpha value is -1.69. The van der Waals surface area contributed by atoms with Crippen molar-refractivity contribution >= 4 is 10.1 Å². The van der Waals surface area contributed by atoms with Gasteiger partial charge in [-0.2, -0.15) is 8.42 Å². The van der Waals surface area contributed by atoms with E-state index >= 15 is 0 Å². The molecule has 0 saturated heterocycles. The number of unbranched alkanes of at least 4 members (excludes halogenated alkanes) is 2. The molecule has 5 heteroatoms. The lowest BCUT2D eigenvalue weighted by molar-refractivity contribution is 0.163. The van der Waals surface area contributed by atoms with Crippen molar-refractivity contribution in [1.29, 1.82) is 0 Å². The van der Waals surface area contributed by atoms with Gasteiger partial charge in [-0.15, -0.1) is 0 Å². The zero-order chi connectivity index (χ0) is 18.4. The lowest BCUT2D eigenvalue weighted by atomic mass is 9.96. The number of aryl methyl sites for hydroxylation is 1. The van der Waals surface area contributed by atoms with Gasteiger partial charge in [0.15, 0.2) is 0 Å². The SMILES string of the molecule is CCCCCC(O)c1cccc(C(c2ccccc2C)S(=O)(=O)O)c1. The molecule has 2 aromatic carbocycles. The van der Waals surface area contributed by atoms with Gasteiger partial charge in [0.05, 0.1) is 6.10 Å². The molecule has 2 aromatic rings. The molecule has 25 heavy (non-hydrogen) atoms. The van der Waals surface area contributed by atoms with Crippen LogP contribution in [0.15, 0.2) is 48.5 Å². The molecule has 2 atom stereocenters. The van der Waals surface area contributed by atoms with Gasteiger partial charge in [-0.05, 0) is 35.6 Å². The summed E-state index contributed by atoms with van der Waals surface area (Å²) in [5.41, 5.74) is 2.47. The fourth-order valence-corrected chi connectivity index (χ4v) is 4.15. The van der Waals surface area contributed by atoms with E-state index in [1.54, 1.807) is 36.4 Å². The van der Waals surface area contributed by atoms with Crippen LogP contribution in [0.1, 0.15) is 66.2 Å². The van der Waals surface area contributed by atoms with E-state index in [0.717, 1.165) is 24.8 Å². The van der Waals surface area contributed by atoms with Crippen molar-refractivity contribution < 1.29 is 18.1 Å². The summed E-state index contributed by atoms with van der Waals surface area (Å²) in [6.45, 7) is 3.92. The third-order valence-electron chi connectivity index (χ3n) is 4.45. The first-order valence-corrected chi connectivity index (χ1v) is 10.1. The first-order valence-electron chi connectivity index (χ1n) is 8.64. The van der Waals surface area contributed by atoms with Crippen LogP contribution in [0.3, 0.4) is 0 Å². The van der Waals surface area contributed by atoms with Gasteiger partial charge in [0.25, 0.3) is 10.1 Å². The van der Waals surface area contributed by atoms with E-state index in [9.17, 15) is 18.1 Å². The van der Waals surface area contributed by atoms with Crippen molar-refractivity contribution in [3.8, 4) is 0 Å². The van der Waals surface area contributed by atoms with Crippen LogP contribution in [0, 0.1) is 6.92 Å². The summed E-state index contributed by atoms with van der Waals surface area (Å²) >= 11 is 0. The molecular formula is C20H26O4S. The molecule has 0 aliphatic heterocycles. The Kier molecular flexibility index (Phi) is 6.76. The van der Waals surface area contributed by atoms with Crippen molar-refractivity contribution in [3.63, 3.8) is 0 Å². The maximum atomic E-state index is 12.1. The molecule has 0 radical (unpaired) electrons. The minimum atomic E-state index is -4.34. The van der Waals surface area contributed by atoms with Crippen LogP contribution in [0.25, 0.3) is 0 Å². The molecule has 0 aromatic heterocycles. The van der Waals surface area contributed by atoms with E-state index in [0.29, 0.717) is 23.1 Å². The van der Waals surface area contributed by atoms with Gasteiger partial charge < -0.3 is 5.11 Å². The monoisotopic (exact) mass is 362 g/mol. The Morgan fingerprint density at radius 2 is 1.68 bits per heavy atom. The van der Waals surface area contributed by atoms with E-state index < -0.39 is 21.5 Å². The largest absolute Gasteiger partial charge is 0.388 e. The van der Waals surface area contributed by atoms with Crippen LogP contribution < -0.4 is 0 Å². The lowest BCUT2D eigenvalue weighted by Gasteiger charge is -2.19. The summed E-state index contributed by atoms with van der Waals surface area (Å²) in [4.78, 5) is 0. The molecule has 136 valence electrons. The maximum absolute atomic E-state index is 12.1. The molecule has 4 nitrogen and oxygen atoms in total. The molecule has 0 spiro atoms. The first-order chi connectivity index (χ1) is 11.8. The van der Waals surface area contributed by atoms with Crippen LogP contribution in [0.5, 0.6) is 0 Å². The average molecular weight is 362 g/mol. The number of hydrogen-bond donors (Lipinski definition) is 2. The van der Waals surface area contributed by atoms with Gasteiger partial charge in [0.1, 0.15) is 5.25 Å². The number of benzene rings is 2. The fourth-order valence-electron chi connectivity index (χ4n) is 3.08. The lowest BCUT2D eigenvalue weighted by Crippen LogP contribution is -2.15. The molecule has 0 aliphatic carbocycles. The van der Waals surface area contributed by atoms with Crippen molar-refractivity contribution in [2.24, 2.45) is 0 Å². The van der Waals surface area contributed by atoms with E-state index in [2.05, 4.69) is 6.92 Å². The normalized spacial score (nSPS) is 14.2. The van der Waals surface area contributed by atoms with E-state index in [4.69, 9.17) is 0 Å². The predicted molar refractivity (Wildman–Crippen MR) is 100 cm³/mol. The zero-order valence-corrected chi connectivity index (χ0v) is 15.5. The number of aliphatic hydroxyl groups is 1. The fraction of sp³-hybridized carbons (Fsp3) is 0.400. The maximum Gasteiger partial charge on any atom is 0.276 e. The van der Waals surface area contributed by atoms with Crippen LogP contribution in [-0.2, 0) is 10.1 Å². The highest BCUT2D eigenvalue weighted by Crippen LogP contribution is 2.33. The second-order valence-corrected chi connectivity index (χ2v) is 7.93. The molecule has 0 saturated carbocycles. The van der Waals surface area contributed by atoms with E-state index in [1.807, 2.05) is 19.1 Å². The summed E-state index contributed by atoms with van der Waals surface area (Å²) in [5.74, 6) is 0. The summed E-state index contributed by atoms with van der Waals surface area (Å²) in [5, 5.41) is 9.21. The Morgan fingerprint density at radius 1 is 1.00 bits per heavy atom. The highest BCUT2D eigenvalue weighted by Gasteiger charge is 2.28. The van der Waals surface area contributed by atoms with Gasteiger partial charge >= 0.3 is 0 Å². The Balaban J connectivity index is 2.40. The average Bonchev–Trinajstić information content (AvgIpc) is 2.56. The molecule has 2 unspecified atom stereocenters. The van der Waals surface area contributed by atoms with Gasteiger partial charge in [-0.3, -0.25) is 4.55 Å². The highest BCUT2D eigenvalue weighted by molar-refractivity contribution is 7.86. The van der Waals surface area contributed by atoms with Crippen LogP contribution in [0.2, 0.25) is 0 Å². The van der Waals surface area contributed by atoms with Gasteiger partial charge in [0, 0.05) is 0 Å². The first kappa shape index (κ1) is 19.6. The van der Waals surface area contributed by atoms with Crippen LogP contribution in [-0.4, -0.2) is 18.1 Å². The van der Waals surface area contributed by atoms with E-state index in [-0.39, 0.29) is 0 Å². The van der Waals surface area contributed by atoms with Crippen molar-refractivity contribution in [2.45, 2.75) is 50.9 Å². The molecule has 0 bridgehead atoms. The van der Waals surface area contributed by atoms with Crippen molar-refractivity contribution in [2.75, 3.05) is 0 Å². The third-order valence-corrected chi connectivity index (χ3v) is 5.57. The third kappa shape index (κ3) is 5.14. The minimum Gasteiger partial charge on any atom is -0.388 e. The Labute approximate surface area is 150 Å². The second-order valence-electron chi connectivity index (χ2n) is 6.43. The van der Waals surface area contributed by atoms with E-state index in [1.165, 1.54) is 0 Å². The summed E-state index contributed by atoms with van der Waals surface area (Å²) in [6.07, 6.45) is 3.04. The molecule has 0 heterocycles. The second kappa shape index (κ2) is 8.61. The number of aliphatic hydroxyl groups excluding tert-OH is 1. The van der Waals surface area contributed by atoms with Crippen LogP contribution in [0.4, 0.5) is 0 Å². The molecule has 0 fully saturated rings. The minimum absolute atomic E-state index is 0.462. The van der Waals surface area contributed by atoms with Gasteiger partial charge in [0.2, 0.25) is 0 Å². The molecular weight excluding hydrogens is 336 g/mol. The smallest absolute Gasteiger partial charge is 0.276 e. The Morgan fingerprint density at radius 3 is 2.32 bits per heavy atom. The van der Waals surface area contributed by atoms with Gasteiger partial charge in [-0.25, -0.2) is 0 Å². The number of hydrogen-bond acceptors (Lipinski definition) is 3. The van der Waals surface area contributed by atoms with Gasteiger partial charge in [-0.1, -0.05) is 74.7 Å². The zero-order valence-electron chi connectivity index (χ0n) is 14.7. The molecule has 0 amide bonds. The van der Waals surface area contributed by atoms with Crippen LogP contribution >= 0.6 is 0 Å². The molecule has 2 N–H and O–H groups in total. The summed E-state index contributed by atoms with van der Waals surface area (Å²) in [7, 11) is -4.34. The Bertz CT molecular complexity index is 799. The van der Waals surface area contributed by atoms with Crippen molar-refractivity contribution in [1.82, 2.24) is 0 Å². The quantitative estimate of drug-likeness (QED) is 0.532. The molecule has 2 rings (SSSR count).